The zero-order valence-electron chi connectivity index (χ0n) is 21.7. The molecule has 9 heteroatoms. The number of anilines is 1. The van der Waals surface area contributed by atoms with Crippen LogP contribution in [-0.4, -0.2) is 56.6 Å². The third kappa shape index (κ3) is 5.03. The van der Waals surface area contributed by atoms with Gasteiger partial charge in [0.2, 0.25) is 0 Å². The Balaban J connectivity index is 1.70. The van der Waals surface area contributed by atoms with Crippen molar-refractivity contribution in [2.24, 2.45) is 0 Å². The third-order valence-corrected chi connectivity index (χ3v) is 7.59. The molecule has 0 atom stereocenters. The molecule has 0 unspecified atom stereocenters. The second-order valence-corrected chi connectivity index (χ2v) is 12.1. The van der Waals surface area contributed by atoms with Gasteiger partial charge in [-0.15, -0.1) is 0 Å². The number of sulfone groups is 1. The summed E-state index contributed by atoms with van der Waals surface area (Å²) >= 11 is 0. The number of methoxy groups -OCH3 is 1. The number of hydrogen-bond acceptors (Lipinski definition) is 6. The number of ether oxygens (including phenoxy) is 1. The van der Waals surface area contributed by atoms with E-state index in [1.165, 1.54) is 10.2 Å². The van der Waals surface area contributed by atoms with E-state index in [2.05, 4.69) is 50.2 Å². The van der Waals surface area contributed by atoms with Crippen LogP contribution in [0.5, 0.6) is 5.75 Å². The number of nitrogens with one attached hydrogen (secondary N) is 1. The number of carbonyl (C=O) groups excluding carboxylic acids is 1. The van der Waals surface area contributed by atoms with Crippen LogP contribution in [0.1, 0.15) is 49.3 Å². The molecule has 36 heavy (non-hydrogen) atoms. The van der Waals surface area contributed by atoms with Gasteiger partial charge in [-0.3, -0.25) is 4.79 Å². The summed E-state index contributed by atoms with van der Waals surface area (Å²) in [4.78, 5) is 15.5. The smallest absolute Gasteiger partial charge is 0.277 e. The fourth-order valence-corrected chi connectivity index (χ4v) is 5.31. The van der Waals surface area contributed by atoms with E-state index in [1.54, 1.807) is 36.3 Å². The van der Waals surface area contributed by atoms with Gasteiger partial charge in [0.25, 0.3) is 5.91 Å². The van der Waals surface area contributed by atoms with Crippen LogP contribution in [-0.2, 0) is 21.7 Å². The molecule has 1 aromatic heterocycles. The maximum absolute atomic E-state index is 13.8. The molecule has 0 saturated heterocycles. The van der Waals surface area contributed by atoms with Crippen molar-refractivity contribution < 1.29 is 17.9 Å². The topological polar surface area (TPSA) is 93.5 Å². The highest BCUT2D eigenvalue weighted by Gasteiger charge is 2.36. The van der Waals surface area contributed by atoms with E-state index in [-0.39, 0.29) is 22.0 Å². The molecule has 1 N–H and O–H groups in total. The van der Waals surface area contributed by atoms with E-state index in [0.717, 1.165) is 18.5 Å². The Bertz CT molecular complexity index is 1360. The van der Waals surface area contributed by atoms with Crippen molar-refractivity contribution in [3.8, 4) is 11.4 Å². The molecule has 192 valence electrons. The lowest BCUT2D eigenvalue weighted by Crippen LogP contribution is -2.39. The van der Waals surface area contributed by atoms with E-state index < -0.39 is 9.84 Å². The highest BCUT2D eigenvalue weighted by molar-refractivity contribution is 7.90. The maximum atomic E-state index is 13.8. The normalized spacial score (nSPS) is 14.3. The Hall–Kier alpha value is -3.17. The predicted molar refractivity (Wildman–Crippen MR) is 141 cm³/mol. The van der Waals surface area contributed by atoms with Crippen LogP contribution in [0, 0.1) is 0 Å². The van der Waals surface area contributed by atoms with E-state index in [1.807, 2.05) is 12.1 Å². The molecule has 0 bridgehead atoms. The minimum atomic E-state index is -3.62. The van der Waals surface area contributed by atoms with Crippen molar-refractivity contribution in [1.82, 2.24) is 15.1 Å². The molecule has 0 spiro atoms. The summed E-state index contributed by atoms with van der Waals surface area (Å²) in [6.45, 7) is 9.85. The second kappa shape index (κ2) is 9.71. The maximum Gasteiger partial charge on any atom is 0.277 e. The summed E-state index contributed by atoms with van der Waals surface area (Å²) < 4.78 is 31.7. The van der Waals surface area contributed by atoms with Crippen LogP contribution in [0.4, 0.5) is 5.69 Å². The number of amides is 1. The molecule has 1 amide bonds. The van der Waals surface area contributed by atoms with Crippen molar-refractivity contribution >= 4 is 21.4 Å². The molecule has 0 radical (unpaired) electrons. The van der Waals surface area contributed by atoms with Gasteiger partial charge in [0.15, 0.2) is 14.9 Å². The predicted octanol–water partition coefficient (Wildman–Crippen LogP) is 3.76. The average molecular weight is 511 g/mol. The highest BCUT2D eigenvalue weighted by Crippen LogP contribution is 2.32. The average Bonchev–Trinajstić information content (AvgIpc) is 3.24. The molecule has 1 aliphatic rings. The van der Waals surface area contributed by atoms with Crippen molar-refractivity contribution in [2.45, 2.75) is 50.6 Å². The molecular weight excluding hydrogens is 476 g/mol. The Morgan fingerprint density at radius 2 is 1.67 bits per heavy atom. The van der Waals surface area contributed by atoms with Crippen molar-refractivity contribution in [2.75, 3.05) is 31.4 Å². The SMILES string of the molecule is COc1ccc(-n2nc(S(C)(=O)=O)c3c2C(=O)N(c2ccc(C(C)(C)CNC(C)C)cc2)CC3)cc1. The molecule has 2 heterocycles. The summed E-state index contributed by atoms with van der Waals surface area (Å²) in [5.74, 6) is 0.380. The molecule has 2 aromatic carbocycles. The van der Waals surface area contributed by atoms with Crippen LogP contribution < -0.4 is 15.0 Å². The zero-order chi connectivity index (χ0) is 26.3. The van der Waals surface area contributed by atoms with E-state index >= 15 is 0 Å². The largest absolute Gasteiger partial charge is 0.497 e. The highest BCUT2D eigenvalue weighted by atomic mass is 32.2. The minimum Gasteiger partial charge on any atom is -0.497 e. The van der Waals surface area contributed by atoms with Gasteiger partial charge in [-0.05, 0) is 48.4 Å². The van der Waals surface area contributed by atoms with Gasteiger partial charge in [0, 0.05) is 42.1 Å². The van der Waals surface area contributed by atoms with Gasteiger partial charge in [0.05, 0.1) is 12.8 Å². The number of hydrogen-bond donors (Lipinski definition) is 1. The van der Waals surface area contributed by atoms with Crippen molar-refractivity contribution in [1.29, 1.82) is 0 Å². The number of benzene rings is 2. The summed E-state index contributed by atoms with van der Waals surface area (Å²) in [6, 6.07) is 15.5. The summed E-state index contributed by atoms with van der Waals surface area (Å²) in [6.07, 6.45) is 1.52. The second-order valence-electron chi connectivity index (χ2n) is 10.2. The molecule has 0 saturated carbocycles. The lowest BCUT2D eigenvalue weighted by Gasteiger charge is -2.30. The summed E-state index contributed by atoms with van der Waals surface area (Å²) in [5, 5.41) is 7.83. The Morgan fingerprint density at radius 1 is 1.06 bits per heavy atom. The number of carbonyl (C=O) groups is 1. The fourth-order valence-electron chi connectivity index (χ4n) is 4.44. The Morgan fingerprint density at radius 3 is 2.22 bits per heavy atom. The molecule has 0 fully saturated rings. The first-order valence-electron chi connectivity index (χ1n) is 12.0. The molecule has 4 rings (SSSR count). The van der Waals surface area contributed by atoms with Gasteiger partial charge >= 0.3 is 0 Å². The quantitative estimate of drug-likeness (QED) is 0.496. The zero-order valence-corrected chi connectivity index (χ0v) is 22.5. The van der Waals surface area contributed by atoms with Crippen LogP contribution >= 0.6 is 0 Å². The fraction of sp³-hybridized carbons (Fsp3) is 0.407. The first kappa shape index (κ1) is 25.9. The van der Waals surface area contributed by atoms with Gasteiger partial charge in [0.1, 0.15) is 11.4 Å². The van der Waals surface area contributed by atoms with E-state index in [0.29, 0.717) is 36.0 Å². The first-order valence-corrected chi connectivity index (χ1v) is 13.9. The number of fused-ring (bicyclic) bond motifs is 1. The van der Waals surface area contributed by atoms with Gasteiger partial charge in [-0.2, -0.15) is 5.10 Å². The lowest BCUT2D eigenvalue weighted by atomic mass is 9.84. The van der Waals surface area contributed by atoms with Gasteiger partial charge in [-0.25, -0.2) is 13.1 Å². The van der Waals surface area contributed by atoms with E-state index in [9.17, 15) is 13.2 Å². The standard InChI is InChI=1S/C27H34N4O4S/c1-18(2)28-17-27(3,4)19-7-9-20(10-8-19)30-16-15-23-24(26(30)32)31(29-25(23)36(6,33)34)21-11-13-22(35-5)14-12-21/h7-14,18,28H,15-17H2,1-6H3. The summed E-state index contributed by atoms with van der Waals surface area (Å²) in [5.41, 5.74) is 3.20. The third-order valence-electron chi connectivity index (χ3n) is 6.56. The monoisotopic (exact) mass is 510 g/mol. The number of aromatic nitrogens is 2. The van der Waals surface area contributed by atoms with Crippen LogP contribution in [0.2, 0.25) is 0 Å². The first-order chi connectivity index (χ1) is 16.9. The summed E-state index contributed by atoms with van der Waals surface area (Å²) in [7, 11) is -2.05. The van der Waals surface area contributed by atoms with Crippen LogP contribution in [0.25, 0.3) is 5.69 Å². The van der Waals surface area contributed by atoms with Gasteiger partial charge in [-0.1, -0.05) is 39.8 Å². The molecule has 0 aliphatic carbocycles. The number of nitrogens with zero attached hydrogens (tertiary/aromatic N) is 3. The molecule has 8 nitrogen and oxygen atoms in total. The molecule has 1 aliphatic heterocycles. The van der Waals surface area contributed by atoms with Gasteiger partial charge < -0.3 is 15.0 Å². The van der Waals surface area contributed by atoms with Crippen LogP contribution in [0.3, 0.4) is 0 Å². The number of rotatable bonds is 8. The van der Waals surface area contributed by atoms with E-state index in [4.69, 9.17) is 4.74 Å². The van der Waals surface area contributed by atoms with Crippen LogP contribution in [0.15, 0.2) is 53.6 Å². The lowest BCUT2D eigenvalue weighted by molar-refractivity contribution is 0.0973. The Labute approximate surface area is 213 Å². The Kier molecular flexibility index (Phi) is 6.99. The molecule has 3 aromatic rings. The van der Waals surface area contributed by atoms with Crippen molar-refractivity contribution in [3.63, 3.8) is 0 Å². The van der Waals surface area contributed by atoms with Crippen molar-refractivity contribution in [3.05, 3.63) is 65.4 Å². The minimum absolute atomic E-state index is 0.0453. The molecular formula is C27H34N4O4S.